The Morgan fingerprint density at radius 2 is 2.08 bits per heavy atom. The summed E-state index contributed by atoms with van der Waals surface area (Å²) in [5, 5.41) is 11.7. The highest BCUT2D eigenvalue weighted by Gasteiger charge is 2.18. The molecule has 0 saturated carbocycles. The van der Waals surface area contributed by atoms with Crippen LogP contribution in [0.5, 0.6) is 5.75 Å². The zero-order valence-electron chi connectivity index (χ0n) is 15.8. The van der Waals surface area contributed by atoms with Crippen molar-refractivity contribution in [3.05, 3.63) is 47.0 Å². The highest BCUT2D eigenvalue weighted by molar-refractivity contribution is 5.98. The van der Waals surface area contributed by atoms with Gasteiger partial charge in [0.05, 0.1) is 13.0 Å². The molecule has 0 fully saturated rings. The third-order valence-electron chi connectivity index (χ3n) is 5.15. The Morgan fingerprint density at radius 3 is 2.77 bits per heavy atom. The number of allylic oxidation sites excluding steroid dienone is 2. The van der Waals surface area contributed by atoms with Crippen molar-refractivity contribution in [2.75, 3.05) is 6.61 Å². The van der Waals surface area contributed by atoms with E-state index in [0.29, 0.717) is 0 Å². The fourth-order valence-electron chi connectivity index (χ4n) is 3.80. The molecular weight excluding hydrogens is 324 g/mol. The monoisotopic (exact) mass is 352 g/mol. The van der Waals surface area contributed by atoms with E-state index < -0.39 is 5.97 Å². The Bertz CT molecular complexity index is 833. The molecule has 0 aliphatic heterocycles. The van der Waals surface area contributed by atoms with Crippen LogP contribution >= 0.6 is 0 Å². The van der Waals surface area contributed by atoms with Gasteiger partial charge in [-0.05, 0) is 84.2 Å². The molecule has 0 aromatic heterocycles. The fourth-order valence-corrected chi connectivity index (χ4v) is 3.80. The molecule has 3 rings (SSSR count). The van der Waals surface area contributed by atoms with Crippen LogP contribution < -0.4 is 4.74 Å². The maximum Gasteiger partial charge on any atom is 0.307 e. The van der Waals surface area contributed by atoms with Gasteiger partial charge < -0.3 is 9.84 Å². The number of unbranched alkanes of at least 4 members (excludes halogenated alkanes) is 1. The topological polar surface area (TPSA) is 46.5 Å². The summed E-state index contributed by atoms with van der Waals surface area (Å²) in [7, 11) is 0. The van der Waals surface area contributed by atoms with E-state index in [1.54, 1.807) is 0 Å². The largest absolute Gasteiger partial charge is 0.494 e. The molecule has 138 valence electrons. The van der Waals surface area contributed by atoms with Crippen LogP contribution in [-0.2, 0) is 11.2 Å². The number of rotatable bonds is 7. The predicted octanol–water partition coefficient (Wildman–Crippen LogP) is 5.91. The second-order valence-electron chi connectivity index (χ2n) is 7.18. The molecule has 1 aliphatic rings. The van der Waals surface area contributed by atoms with Crippen LogP contribution in [0.1, 0.15) is 62.1 Å². The van der Waals surface area contributed by atoms with Crippen molar-refractivity contribution in [3.8, 4) is 5.75 Å². The third-order valence-corrected chi connectivity index (χ3v) is 5.15. The maximum absolute atomic E-state index is 11.5. The highest BCUT2D eigenvalue weighted by Crippen LogP contribution is 2.37. The molecular formula is C23H28O3. The minimum absolute atomic E-state index is 0.0726. The maximum atomic E-state index is 11.5. The number of carboxylic acids is 1. The van der Waals surface area contributed by atoms with Crippen molar-refractivity contribution in [1.29, 1.82) is 0 Å². The number of aliphatic carboxylic acids is 1. The van der Waals surface area contributed by atoms with Crippen LogP contribution in [0.4, 0.5) is 0 Å². The van der Waals surface area contributed by atoms with Crippen LogP contribution in [0.3, 0.4) is 0 Å². The normalized spacial score (nSPS) is 14.3. The lowest BCUT2D eigenvalue weighted by Crippen LogP contribution is -2.07. The molecule has 2 aromatic rings. The van der Waals surface area contributed by atoms with Gasteiger partial charge in [-0.25, -0.2) is 0 Å². The first-order valence-corrected chi connectivity index (χ1v) is 9.70. The summed E-state index contributed by atoms with van der Waals surface area (Å²) >= 11 is 0. The average molecular weight is 352 g/mol. The Morgan fingerprint density at radius 1 is 1.23 bits per heavy atom. The number of ether oxygens (including phenoxy) is 1. The number of fused-ring (bicyclic) bond motifs is 1. The molecule has 0 bridgehead atoms. The molecule has 0 amide bonds. The standard InChI is InChI=1S/C23H28O3/c1-3-4-12-26-19-10-11-20-18(14-19)13-16(2)21(15-22(24)25)23(20)17-8-6-5-7-9-17/h8,10-11,13-14H,3-7,9,12,15H2,1-2H3,(H,24,25). The summed E-state index contributed by atoms with van der Waals surface area (Å²) in [6.07, 6.45) is 9.03. The molecule has 1 N–H and O–H groups in total. The lowest BCUT2D eigenvalue weighted by Gasteiger charge is -2.21. The van der Waals surface area contributed by atoms with Crippen molar-refractivity contribution in [3.63, 3.8) is 0 Å². The van der Waals surface area contributed by atoms with Crippen LogP contribution in [0.15, 0.2) is 30.3 Å². The van der Waals surface area contributed by atoms with Gasteiger partial charge in [-0.15, -0.1) is 0 Å². The van der Waals surface area contributed by atoms with Crippen molar-refractivity contribution >= 4 is 22.3 Å². The van der Waals surface area contributed by atoms with Crippen molar-refractivity contribution < 1.29 is 14.6 Å². The smallest absolute Gasteiger partial charge is 0.307 e. The fraction of sp³-hybridized carbons (Fsp3) is 0.435. The van der Waals surface area contributed by atoms with E-state index in [9.17, 15) is 9.90 Å². The number of carbonyl (C=O) groups is 1. The Kier molecular flexibility index (Phi) is 5.97. The molecule has 0 saturated heterocycles. The Balaban J connectivity index is 2.11. The van der Waals surface area contributed by atoms with E-state index in [-0.39, 0.29) is 6.42 Å². The van der Waals surface area contributed by atoms with Gasteiger partial charge in [0, 0.05) is 0 Å². The van der Waals surface area contributed by atoms with Gasteiger partial charge in [-0.3, -0.25) is 4.79 Å². The van der Waals surface area contributed by atoms with Gasteiger partial charge in [0.1, 0.15) is 5.75 Å². The van der Waals surface area contributed by atoms with E-state index in [4.69, 9.17) is 4.74 Å². The molecule has 0 spiro atoms. The van der Waals surface area contributed by atoms with Gasteiger partial charge in [-0.1, -0.05) is 31.6 Å². The predicted molar refractivity (Wildman–Crippen MR) is 107 cm³/mol. The molecule has 26 heavy (non-hydrogen) atoms. The third kappa shape index (κ3) is 4.09. The SMILES string of the molecule is CCCCOc1ccc2c(C3=CCCCC3)c(CC(=O)O)c(C)cc2c1. The zero-order valence-corrected chi connectivity index (χ0v) is 15.8. The second kappa shape index (κ2) is 8.39. The minimum atomic E-state index is -0.773. The summed E-state index contributed by atoms with van der Waals surface area (Å²) in [4.78, 5) is 11.5. The number of carboxylic acid groups (broad SMARTS) is 1. The molecule has 0 unspecified atom stereocenters. The molecule has 3 heteroatoms. The van der Waals surface area contributed by atoms with Gasteiger partial charge >= 0.3 is 5.97 Å². The first-order valence-electron chi connectivity index (χ1n) is 9.70. The lowest BCUT2D eigenvalue weighted by atomic mass is 9.84. The van der Waals surface area contributed by atoms with E-state index in [0.717, 1.165) is 65.5 Å². The van der Waals surface area contributed by atoms with Gasteiger partial charge in [0.2, 0.25) is 0 Å². The van der Waals surface area contributed by atoms with Crippen LogP contribution in [-0.4, -0.2) is 17.7 Å². The van der Waals surface area contributed by atoms with E-state index in [1.807, 2.05) is 13.0 Å². The molecule has 0 radical (unpaired) electrons. The van der Waals surface area contributed by atoms with Gasteiger partial charge in [-0.2, -0.15) is 0 Å². The quantitative estimate of drug-likeness (QED) is 0.630. The van der Waals surface area contributed by atoms with Crippen molar-refractivity contribution in [1.82, 2.24) is 0 Å². The van der Waals surface area contributed by atoms with Crippen LogP contribution in [0.25, 0.3) is 16.3 Å². The number of benzene rings is 2. The van der Waals surface area contributed by atoms with Crippen LogP contribution in [0.2, 0.25) is 0 Å². The minimum Gasteiger partial charge on any atom is -0.494 e. The number of hydrogen-bond acceptors (Lipinski definition) is 2. The molecule has 0 heterocycles. The highest BCUT2D eigenvalue weighted by atomic mass is 16.5. The number of hydrogen-bond donors (Lipinski definition) is 1. The number of aryl methyl sites for hydroxylation is 1. The summed E-state index contributed by atoms with van der Waals surface area (Å²) in [5.74, 6) is 0.115. The molecule has 2 aromatic carbocycles. The molecule has 3 nitrogen and oxygen atoms in total. The van der Waals surface area contributed by atoms with E-state index in [2.05, 4.69) is 31.2 Å². The second-order valence-corrected chi connectivity index (χ2v) is 7.18. The Hall–Kier alpha value is -2.29. The summed E-state index contributed by atoms with van der Waals surface area (Å²) in [5.41, 5.74) is 4.45. The van der Waals surface area contributed by atoms with Crippen molar-refractivity contribution in [2.24, 2.45) is 0 Å². The Labute approximate surface area is 155 Å². The van der Waals surface area contributed by atoms with E-state index in [1.165, 1.54) is 18.4 Å². The zero-order chi connectivity index (χ0) is 18.5. The van der Waals surface area contributed by atoms with Gasteiger partial charge in [0.15, 0.2) is 0 Å². The average Bonchev–Trinajstić information content (AvgIpc) is 2.63. The first-order chi connectivity index (χ1) is 12.6. The summed E-state index contributed by atoms with van der Waals surface area (Å²) in [6, 6.07) is 8.32. The van der Waals surface area contributed by atoms with Gasteiger partial charge in [0.25, 0.3) is 0 Å². The van der Waals surface area contributed by atoms with Crippen LogP contribution in [0, 0.1) is 6.92 Å². The summed E-state index contributed by atoms with van der Waals surface area (Å²) in [6.45, 7) is 4.91. The molecule has 1 aliphatic carbocycles. The lowest BCUT2D eigenvalue weighted by molar-refractivity contribution is -0.136. The molecule has 0 atom stereocenters. The summed E-state index contributed by atoms with van der Waals surface area (Å²) < 4.78 is 5.87. The van der Waals surface area contributed by atoms with E-state index >= 15 is 0 Å². The van der Waals surface area contributed by atoms with Crippen molar-refractivity contribution in [2.45, 2.75) is 58.8 Å². The first kappa shape index (κ1) is 18.5.